The van der Waals surface area contributed by atoms with Gasteiger partial charge in [-0.15, -0.1) is 0 Å². The molecule has 2 rings (SSSR count). The summed E-state index contributed by atoms with van der Waals surface area (Å²) in [4.78, 5) is 25.3. The Morgan fingerprint density at radius 2 is 1.83 bits per heavy atom. The standard InChI is InChI=1S/C13H14BrNO3/c1-7(2)11(16)6-15-12(17)9-4-3-8(14)5-10(9)13(15)18/h3-5,7,11,16H,6H2,1-2H3. The molecular formula is C13H14BrNO3. The molecule has 0 aliphatic carbocycles. The molecule has 5 heteroatoms. The van der Waals surface area contributed by atoms with E-state index in [1.54, 1.807) is 18.2 Å². The van der Waals surface area contributed by atoms with E-state index in [9.17, 15) is 14.7 Å². The Bertz CT molecular complexity index is 513. The van der Waals surface area contributed by atoms with Crippen molar-refractivity contribution in [3.05, 3.63) is 33.8 Å². The summed E-state index contributed by atoms with van der Waals surface area (Å²) in [6.45, 7) is 3.74. The lowest BCUT2D eigenvalue weighted by molar-refractivity contribution is 0.0471. The summed E-state index contributed by atoms with van der Waals surface area (Å²) in [6.07, 6.45) is -0.698. The van der Waals surface area contributed by atoms with Crippen LogP contribution < -0.4 is 0 Å². The molecule has 0 saturated heterocycles. The van der Waals surface area contributed by atoms with E-state index in [-0.39, 0.29) is 24.3 Å². The largest absolute Gasteiger partial charge is 0.391 e. The van der Waals surface area contributed by atoms with Crippen molar-refractivity contribution in [3.63, 3.8) is 0 Å². The quantitative estimate of drug-likeness (QED) is 0.869. The van der Waals surface area contributed by atoms with Crippen molar-refractivity contribution >= 4 is 27.7 Å². The monoisotopic (exact) mass is 311 g/mol. The normalized spacial score (nSPS) is 16.4. The van der Waals surface area contributed by atoms with Crippen LogP contribution in [0.3, 0.4) is 0 Å². The average molecular weight is 312 g/mol. The molecule has 1 heterocycles. The maximum atomic E-state index is 12.1. The molecule has 1 aliphatic heterocycles. The molecule has 1 atom stereocenters. The third-order valence-corrected chi connectivity index (χ3v) is 3.57. The van der Waals surface area contributed by atoms with Crippen LogP contribution in [-0.2, 0) is 0 Å². The Labute approximate surface area is 114 Å². The van der Waals surface area contributed by atoms with Crippen LogP contribution >= 0.6 is 15.9 Å². The number of benzene rings is 1. The molecule has 0 saturated carbocycles. The Kier molecular flexibility index (Phi) is 3.54. The summed E-state index contributed by atoms with van der Waals surface area (Å²) in [5.41, 5.74) is 0.796. The van der Waals surface area contributed by atoms with Crippen LogP contribution in [0.5, 0.6) is 0 Å². The number of hydrogen-bond donors (Lipinski definition) is 1. The first-order chi connectivity index (χ1) is 8.41. The highest BCUT2D eigenvalue weighted by molar-refractivity contribution is 9.10. The Morgan fingerprint density at radius 1 is 1.22 bits per heavy atom. The maximum Gasteiger partial charge on any atom is 0.261 e. The number of carbonyl (C=O) groups excluding carboxylic acids is 2. The molecule has 1 aromatic rings. The number of aliphatic hydroxyl groups is 1. The fraction of sp³-hybridized carbons (Fsp3) is 0.385. The molecule has 18 heavy (non-hydrogen) atoms. The lowest BCUT2D eigenvalue weighted by Gasteiger charge is -2.20. The number of β-amino-alcohol motifs (C(OH)–C–C–N with tert-alkyl or cyclic N) is 1. The molecule has 0 bridgehead atoms. The van der Waals surface area contributed by atoms with Crippen LogP contribution in [0.2, 0.25) is 0 Å². The number of imide groups is 1. The number of aliphatic hydroxyl groups excluding tert-OH is 1. The van der Waals surface area contributed by atoms with Gasteiger partial charge in [-0.25, -0.2) is 0 Å². The second kappa shape index (κ2) is 4.82. The number of rotatable bonds is 3. The highest BCUT2D eigenvalue weighted by Gasteiger charge is 2.36. The van der Waals surface area contributed by atoms with Crippen LogP contribution in [0.4, 0.5) is 0 Å². The minimum Gasteiger partial charge on any atom is -0.391 e. The van der Waals surface area contributed by atoms with Crippen molar-refractivity contribution < 1.29 is 14.7 Å². The number of carbonyl (C=O) groups is 2. The molecule has 0 fully saturated rings. The zero-order chi connectivity index (χ0) is 13.4. The van der Waals surface area contributed by atoms with E-state index in [0.717, 1.165) is 9.37 Å². The molecule has 1 unspecified atom stereocenters. The SMILES string of the molecule is CC(C)C(O)CN1C(=O)c2ccc(Br)cc2C1=O. The molecule has 2 amide bonds. The zero-order valence-electron chi connectivity index (χ0n) is 10.2. The summed E-state index contributed by atoms with van der Waals surface area (Å²) in [5.74, 6) is -0.667. The smallest absolute Gasteiger partial charge is 0.261 e. The molecule has 1 aromatic carbocycles. The summed E-state index contributed by atoms with van der Waals surface area (Å²) in [6, 6.07) is 4.99. The van der Waals surface area contributed by atoms with Gasteiger partial charge in [-0.2, -0.15) is 0 Å². The van der Waals surface area contributed by atoms with Crippen LogP contribution in [0.25, 0.3) is 0 Å². The highest BCUT2D eigenvalue weighted by Crippen LogP contribution is 2.26. The van der Waals surface area contributed by atoms with Gasteiger partial charge in [0.15, 0.2) is 0 Å². The molecule has 0 radical (unpaired) electrons. The summed E-state index contributed by atoms with van der Waals surface area (Å²) >= 11 is 3.27. The van der Waals surface area contributed by atoms with Gasteiger partial charge in [-0.05, 0) is 24.1 Å². The average Bonchev–Trinajstić information content (AvgIpc) is 2.54. The Balaban J connectivity index is 2.29. The van der Waals surface area contributed by atoms with Crippen LogP contribution in [-0.4, -0.2) is 34.5 Å². The van der Waals surface area contributed by atoms with Gasteiger partial charge in [-0.1, -0.05) is 29.8 Å². The van der Waals surface area contributed by atoms with Gasteiger partial charge in [0.25, 0.3) is 11.8 Å². The zero-order valence-corrected chi connectivity index (χ0v) is 11.8. The van der Waals surface area contributed by atoms with Crippen molar-refractivity contribution in [1.29, 1.82) is 0 Å². The predicted octanol–water partition coefficient (Wildman–Crippen LogP) is 2.06. The third-order valence-electron chi connectivity index (χ3n) is 3.07. The van der Waals surface area contributed by atoms with Gasteiger partial charge in [0.1, 0.15) is 0 Å². The molecular weight excluding hydrogens is 298 g/mol. The lowest BCUT2D eigenvalue weighted by Crippen LogP contribution is -2.38. The Hall–Kier alpha value is -1.20. The van der Waals surface area contributed by atoms with Gasteiger partial charge >= 0.3 is 0 Å². The number of amides is 2. The van der Waals surface area contributed by atoms with E-state index in [1.807, 2.05) is 13.8 Å². The topological polar surface area (TPSA) is 57.6 Å². The molecule has 0 aromatic heterocycles. The van der Waals surface area contributed by atoms with Gasteiger partial charge in [0.2, 0.25) is 0 Å². The number of halogens is 1. The van der Waals surface area contributed by atoms with Crippen LogP contribution in [0, 0.1) is 5.92 Å². The summed E-state index contributed by atoms with van der Waals surface area (Å²) < 4.78 is 0.758. The molecule has 1 N–H and O–H groups in total. The first-order valence-corrected chi connectivity index (χ1v) is 6.55. The molecule has 4 nitrogen and oxygen atoms in total. The van der Waals surface area contributed by atoms with Crippen molar-refractivity contribution in [3.8, 4) is 0 Å². The van der Waals surface area contributed by atoms with E-state index in [4.69, 9.17) is 0 Å². The molecule has 0 spiro atoms. The van der Waals surface area contributed by atoms with E-state index >= 15 is 0 Å². The first kappa shape index (κ1) is 13.2. The van der Waals surface area contributed by atoms with E-state index in [2.05, 4.69) is 15.9 Å². The summed E-state index contributed by atoms with van der Waals surface area (Å²) in [7, 11) is 0. The van der Waals surface area contributed by atoms with Gasteiger partial charge < -0.3 is 5.11 Å². The van der Waals surface area contributed by atoms with Crippen molar-refractivity contribution in [2.24, 2.45) is 5.92 Å². The Morgan fingerprint density at radius 3 is 2.44 bits per heavy atom. The predicted molar refractivity (Wildman–Crippen MR) is 70.4 cm³/mol. The molecule has 1 aliphatic rings. The second-order valence-electron chi connectivity index (χ2n) is 4.72. The number of nitrogens with zero attached hydrogens (tertiary/aromatic N) is 1. The number of hydrogen-bond acceptors (Lipinski definition) is 3. The lowest BCUT2D eigenvalue weighted by atomic mass is 10.1. The highest BCUT2D eigenvalue weighted by atomic mass is 79.9. The molecule has 96 valence electrons. The van der Waals surface area contributed by atoms with Crippen molar-refractivity contribution in [2.45, 2.75) is 20.0 Å². The maximum absolute atomic E-state index is 12.1. The minimum atomic E-state index is -0.698. The number of fused-ring (bicyclic) bond motifs is 1. The summed E-state index contributed by atoms with van der Waals surface area (Å²) in [5, 5.41) is 9.80. The van der Waals surface area contributed by atoms with E-state index in [0.29, 0.717) is 11.1 Å². The third kappa shape index (κ3) is 2.20. The van der Waals surface area contributed by atoms with Gasteiger partial charge in [-0.3, -0.25) is 14.5 Å². The van der Waals surface area contributed by atoms with Gasteiger partial charge in [0, 0.05) is 4.47 Å². The van der Waals surface area contributed by atoms with E-state index < -0.39 is 6.10 Å². The van der Waals surface area contributed by atoms with Crippen LogP contribution in [0.1, 0.15) is 34.6 Å². The van der Waals surface area contributed by atoms with Crippen LogP contribution in [0.15, 0.2) is 22.7 Å². The van der Waals surface area contributed by atoms with E-state index in [1.165, 1.54) is 0 Å². The fourth-order valence-electron chi connectivity index (χ4n) is 1.83. The minimum absolute atomic E-state index is 0.000971. The first-order valence-electron chi connectivity index (χ1n) is 5.75. The van der Waals surface area contributed by atoms with Crippen molar-refractivity contribution in [1.82, 2.24) is 4.90 Å². The second-order valence-corrected chi connectivity index (χ2v) is 5.64. The van der Waals surface area contributed by atoms with Gasteiger partial charge in [0.05, 0.1) is 23.8 Å². The fourth-order valence-corrected chi connectivity index (χ4v) is 2.19. The van der Waals surface area contributed by atoms with Crippen molar-refractivity contribution in [2.75, 3.05) is 6.54 Å².